The molecule has 0 radical (unpaired) electrons. The lowest BCUT2D eigenvalue weighted by Crippen LogP contribution is -2.37. The van der Waals surface area contributed by atoms with Crippen molar-refractivity contribution >= 4 is 16.0 Å². The molecule has 0 bridgehead atoms. The van der Waals surface area contributed by atoms with Gasteiger partial charge in [-0.3, -0.25) is 4.79 Å². The van der Waals surface area contributed by atoms with Crippen LogP contribution in [-0.4, -0.2) is 31.5 Å². The van der Waals surface area contributed by atoms with Crippen LogP contribution in [0.1, 0.15) is 13.3 Å². The monoisotopic (exact) mass is 249 g/mol. The van der Waals surface area contributed by atoms with Gasteiger partial charge in [-0.1, -0.05) is 6.92 Å². The lowest BCUT2D eigenvalue weighted by Gasteiger charge is -2.10. The molecule has 0 rings (SSSR count). The van der Waals surface area contributed by atoms with Crippen molar-refractivity contribution in [2.24, 2.45) is 5.92 Å². The molecule has 0 spiro atoms. The lowest BCUT2D eigenvalue weighted by molar-refractivity contribution is -0.141. The molecule has 1 atom stereocenters. The standard InChI is InChI=1S/C6H10F3NO4S/c1-4(5(11)12)2-3-10-15(13,14)6(7,8)9/h4,10H,2-3H2,1H3,(H,11,12). The van der Waals surface area contributed by atoms with Gasteiger partial charge in [0.1, 0.15) is 0 Å². The van der Waals surface area contributed by atoms with Crippen molar-refractivity contribution in [3.63, 3.8) is 0 Å². The van der Waals surface area contributed by atoms with Crippen LogP contribution in [0.15, 0.2) is 0 Å². The summed E-state index contributed by atoms with van der Waals surface area (Å²) < 4.78 is 57.4. The summed E-state index contributed by atoms with van der Waals surface area (Å²) in [5.74, 6) is -2.10. The number of rotatable bonds is 5. The molecule has 0 aliphatic rings. The number of sulfonamides is 1. The van der Waals surface area contributed by atoms with Gasteiger partial charge < -0.3 is 5.11 Å². The maximum absolute atomic E-state index is 11.7. The van der Waals surface area contributed by atoms with E-state index in [1.807, 2.05) is 0 Å². The lowest BCUT2D eigenvalue weighted by atomic mass is 10.1. The van der Waals surface area contributed by atoms with Gasteiger partial charge in [-0.25, -0.2) is 13.1 Å². The average molecular weight is 249 g/mol. The Balaban J connectivity index is 4.14. The van der Waals surface area contributed by atoms with Gasteiger partial charge in [-0.2, -0.15) is 13.2 Å². The highest BCUT2D eigenvalue weighted by molar-refractivity contribution is 7.90. The molecular formula is C6H10F3NO4S. The fourth-order valence-corrected chi connectivity index (χ4v) is 1.17. The maximum atomic E-state index is 11.7. The summed E-state index contributed by atoms with van der Waals surface area (Å²) in [6.45, 7) is 0.708. The van der Waals surface area contributed by atoms with E-state index < -0.39 is 34.0 Å². The third kappa shape index (κ3) is 4.47. The molecule has 0 heterocycles. The Morgan fingerprint density at radius 3 is 2.27 bits per heavy atom. The van der Waals surface area contributed by atoms with Crippen LogP contribution in [0.2, 0.25) is 0 Å². The second kappa shape index (κ2) is 4.79. The molecule has 0 fully saturated rings. The first-order chi connectivity index (χ1) is 6.58. The minimum absolute atomic E-state index is 0.204. The second-order valence-corrected chi connectivity index (χ2v) is 4.63. The van der Waals surface area contributed by atoms with Crippen molar-refractivity contribution in [2.45, 2.75) is 18.9 Å². The van der Waals surface area contributed by atoms with E-state index in [4.69, 9.17) is 5.11 Å². The topological polar surface area (TPSA) is 83.5 Å². The summed E-state index contributed by atoms with van der Waals surface area (Å²) in [7, 11) is -5.36. The number of hydrogen-bond acceptors (Lipinski definition) is 3. The number of carboxylic acids is 1. The van der Waals surface area contributed by atoms with Gasteiger partial charge in [0.25, 0.3) is 0 Å². The first-order valence-corrected chi connectivity index (χ1v) is 5.35. The van der Waals surface area contributed by atoms with E-state index in [-0.39, 0.29) is 6.42 Å². The zero-order valence-electron chi connectivity index (χ0n) is 7.71. The van der Waals surface area contributed by atoms with Crippen molar-refractivity contribution in [1.82, 2.24) is 4.72 Å². The van der Waals surface area contributed by atoms with Gasteiger partial charge in [0, 0.05) is 6.54 Å². The van der Waals surface area contributed by atoms with Crippen LogP contribution in [-0.2, 0) is 14.8 Å². The molecule has 0 amide bonds. The number of aliphatic carboxylic acids is 1. The summed E-state index contributed by atoms with van der Waals surface area (Å²) in [6.07, 6.45) is -0.204. The SMILES string of the molecule is CC(CCNS(=O)(=O)C(F)(F)F)C(=O)O. The minimum atomic E-state index is -5.36. The number of halogens is 3. The Morgan fingerprint density at radius 1 is 1.47 bits per heavy atom. The Labute approximate surface area is 84.3 Å². The van der Waals surface area contributed by atoms with E-state index >= 15 is 0 Å². The largest absolute Gasteiger partial charge is 0.511 e. The maximum Gasteiger partial charge on any atom is 0.511 e. The summed E-state index contributed by atoms with van der Waals surface area (Å²) >= 11 is 0. The van der Waals surface area contributed by atoms with Gasteiger partial charge in [0.05, 0.1) is 5.92 Å². The van der Waals surface area contributed by atoms with E-state index in [0.717, 1.165) is 0 Å². The van der Waals surface area contributed by atoms with Crippen molar-refractivity contribution in [3.8, 4) is 0 Å². The Kier molecular flexibility index (Phi) is 4.53. The molecule has 0 aliphatic heterocycles. The van der Waals surface area contributed by atoms with Crippen molar-refractivity contribution in [1.29, 1.82) is 0 Å². The fourth-order valence-electron chi connectivity index (χ4n) is 0.615. The van der Waals surface area contributed by atoms with Crippen LogP contribution in [0, 0.1) is 5.92 Å². The first kappa shape index (κ1) is 14.2. The van der Waals surface area contributed by atoms with Crippen LogP contribution in [0.4, 0.5) is 13.2 Å². The van der Waals surface area contributed by atoms with Gasteiger partial charge in [-0.05, 0) is 6.42 Å². The molecule has 9 heteroatoms. The van der Waals surface area contributed by atoms with Crippen LogP contribution in [0.3, 0.4) is 0 Å². The van der Waals surface area contributed by atoms with Gasteiger partial charge >= 0.3 is 21.5 Å². The van der Waals surface area contributed by atoms with Crippen molar-refractivity contribution < 1.29 is 31.5 Å². The molecule has 1 unspecified atom stereocenters. The Bertz CT molecular complexity index is 324. The van der Waals surface area contributed by atoms with Crippen LogP contribution in [0.5, 0.6) is 0 Å². The van der Waals surface area contributed by atoms with E-state index in [9.17, 15) is 26.4 Å². The van der Waals surface area contributed by atoms with Crippen molar-refractivity contribution in [3.05, 3.63) is 0 Å². The predicted molar refractivity (Wildman–Crippen MR) is 44.4 cm³/mol. The Hall–Kier alpha value is -0.830. The summed E-state index contributed by atoms with van der Waals surface area (Å²) in [5.41, 5.74) is -5.36. The van der Waals surface area contributed by atoms with Gasteiger partial charge in [-0.15, -0.1) is 0 Å². The van der Waals surface area contributed by atoms with Crippen molar-refractivity contribution in [2.75, 3.05) is 6.54 Å². The smallest absolute Gasteiger partial charge is 0.481 e. The molecule has 0 aliphatic carbocycles. The van der Waals surface area contributed by atoms with Crippen LogP contribution < -0.4 is 4.72 Å². The molecule has 0 aromatic carbocycles. The van der Waals surface area contributed by atoms with E-state index in [1.165, 1.54) is 11.6 Å². The van der Waals surface area contributed by atoms with Gasteiger partial charge in [0.2, 0.25) is 0 Å². The van der Waals surface area contributed by atoms with E-state index in [0.29, 0.717) is 0 Å². The van der Waals surface area contributed by atoms with E-state index in [1.54, 1.807) is 0 Å². The summed E-state index contributed by atoms with van der Waals surface area (Å²) in [6, 6.07) is 0. The molecule has 0 saturated carbocycles. The molecule has 0 saturated heterocycles. The minimum Gasteiger partial charge on any atom is -0.481 e. The number of carboxylic acid groups (broad SMARTS) is 1. The molecule has 5 nitrogen and oxygen atoms in total. The second-order valence-electron chi connectivity index (χ2n) is 2.87. The zero-order chi connectivity index (χ0) is 12.3. The summed E-state index contributed by atoms with van der Waals surface area (Å²) in [5, 5.41) is 8.37. The number of alkyl halides is 3. The van der Waals surface area contributed by atoms with Crippen LogP contribution >= 0.6 is 0 Å². The highest BCUT2D eigenvalue weighted by Crippen LogP contribution is 2.21. The highest BCUT2D eigenvalue weighted by Gasteiger charge is 2.45. The average Bonchev–Trinajstić information content (AvgIpc) is 2.01. The number of nitrogens with one attached hydrogen (secondary N) is 1. The quantitative estimate of drug-likeness (QED) is 0.744. The molecule has 0 aromatic rings. The third-order valence-corrected chi connectivity index (χ3v) is 2.79. The predicted octanol–water partition coefficient (Wildman–Crippen LogP) is 0.536. The molecule has 2 N–H and O–H groups in total. The van der Waals surface area contributed by atoms with Gasteiger partial charge in [0.15, 0.2) is 0 Å². The molecule has 15 heavy (non-hydrogen) atoms. The molecule has 0 aromatic heterocycles. The highest BCUT2D eigenvalue weighted by atomic mass is 32.2. The molecule has 90 valence electrons. The number of hydrogen-bond donors (Lipinski definition) is 2. The van der Waals surface area contributed by atoms with Crippen LogP contribution in [0.25, 0.3) is 0 Å². The fraction of sp³-hybridized carbons (Fsp3) is 0.833. The first-order valence-electron chi connectivity index (χ1n) is 3.86. The number of carbonyl (C=O) groups is 1. The zero-order valence-corrected chi connectivity index (χ0v) is 8.52. The molecular weight excluding hydrogens is 239 g/mol. The third-order valence-electron chi connectivity index (χ3n) is 1.60. The normalized spacial score (nSPS) is 14.9. The Morgan fingerprint density at radius 2 is 1.93 bits per heavy atom. The summed E-state index contributed by atoms with van der Waals surface area (Å²) in [4.78, 5) is 10.3. The van der Waals surface area contributed by atoms with E-state index in [2.05, 4.69) is 0 Å².